The third-order valence-corrected chi connectivity index (χ3v) is 4.82. The van der Waals surface area contributed by atoms with Crippen LogP contribution in [0.1, 0.15) is 38.9 Å². The molecule has 0 aromatic heterocycles. The van der Waals surface area contributed by atoms with Gasteiger partial charge in [-0.3, -0.25) is 0 Å². The minimum Gasteiger partial charge on any atom is -0.444 e. The van der Waals surface area contributed by atoms with Gasteiger partial charge in [0.1, 0.15) is 5.60 Å². The highest BCUT2D eigenvalue weighted by atomic mass is 28.4. The Balaban J connectivity index is 1.92. The first-order valence-corrected chi connectivity index (χ1v) is 12.1. The van der Waals surface area contributed by atoms with Crippen LogP contribution in [0.4, 0.5) is 4.79 Å². The first-order chi connectivity index (χ1) is 11.0. The Kier molecular flexibility index (Phi) is 5.76. The van der Waals surface area contributed by atoms with Crippen molar-refractivity contribution in [2.45, 2.75) is 58.5 Å². The van der Waals surface area contributed by atoms with Crippen LogP contribution in [0.15, 0.2) is 30.3 Å². The van der Waals surface area contributed by atoms with E-state index < -0.39 is 13.9 Å². The molecule has 1 heterocycles. The van der Waals surface area contributed by atoms with E-state index in [0.29, 0.717) is 5.92 Å². The summed E-state index contributed by atoms with van der Waals surface area (Å²) in [4.78, 5) is 13.8. The molecule has 1 amide bonds. The summed E-state index contributed by atoms with van der Waals surface area (Å²) in [6.07, 6.45) is 0.859. The highest BCUT2D eigenvalue weighted by Gasteiger charge is 2.36. The molecule has 1 aromatic rings. The maximum Gasteiger partial charge on any atom is 0.410 e. The predicted molar refractivity (Wildman–Crippen MR) is 99.5 cm³/mol. The Labute approximate surface area is 147 Å². The number of carbonyl (C=O) groups is 1. The molecule has 4 nitrogen and oxygen atoms in total. The van der Waals surface area contributed by atoms with Gasteiger partial charge in [-0.1, -0.05) is 30.3 Å². The van der Waals surface area contributed by atoms with Gasteiger partial charge in [0.2, 0.25) is 0 Å². The molecular weight excluding hydrogens is 318 g/mol. The van der Waals surface area contributed by atoms with E-state index in [1.54, 1.807) is 4.90 Å². The molecule has 0 aliphatic carbocycles. The lowest BCUT2D eigenvalue weighted by Crippen LogP contribution is -2.52. The van der Waals surface area contributed by atoms with Crippen molar-refractivity contribution in [3.8, 4) is 0 Å². The van der Waals surface area contributed by atoms with Gasteiger partial charge in [0.05, 0.1) is 6.10 Å². The van der Waals surface area contributed by atoms with Crippen molar-refractivity contribution in [3.63, 3.8) is 0 Å². The van der Waals surface area contributed by atoms with E-state index >= 15 is 0 Å². The highest BCUT2D eigenvalue weighted by Crippen LogP contribution is 2.33. The van der Waals surface area contributed by atoms with Gasteiger partial charge in [-0.25, -0.2) is 4.79 Å². The molecule has 1 atom stereocenters. The van der Waals surface area contributed by atoms with E-state index in [-0.39, 0.29) is 12.2 Å². The number of amides is 1. The summed E-state index contributed by atoms with van der Waals surface area (Å²) in [6, 6.07) is 10.4. The Morgan fingerprint density at radius 3 is 2.29 bits per heavy atom. The number of hydrogen-bond acceptors (Lipinski definition) is 3. The summed E-state index contributed by atoms with van der Waals surface area (Å²) >= 11 is 0. The van der Waals surface area contributed by atoms with E-state index in [9.17, 15) is 4.79 Å². The largest absolute Gasteiger partial charge is 0.444 e. The van der Waals surface area contributed by atoms with Gasteiger partial charge in [0.15, 0.2) is 8.32 Å². The van der Waals surface area contributed by atoms with Crippen LogP contribution in [-0.4, -0.2) is 38.0 Å². The van der Waals surface area contributed by atoms with Crippen LogP contribution in [0.5, 0.6) is 0 Å². The summed E-state index contributed by atoms with van der Waals surface area (Å²) in [6.45, 7) is 13.9. The number of rotatable bonds is 5. The zero-order valence-electron chi connectivity index (χ0n) is 15.8. The van der Waals surface area contributed by atoms with Gasteiger partial charge in [-0.05, 0) is 58.3 Å². The van der Waals surface area contributed by atoms with Crippen molar-refractivity contribution < 1.29 is 14.0 Å². The van der Waals surface area contributed by atoms with Crippen molar-refractivity contribution in [2.24, 2.45) is 5.92 Å². The quantitative estimate of drug-likeness (QED) is 0.714. The third kappa shape index (κ3) is 5.95. The molecule has 0 saturated carbocycles. The predicted octanol–water partition coefficient (Wildman–Crippen LogP) is 4.84. The van der Waals surface area contributed by atoms with E-state index in [2.05, 4.69) is 43.9 Å². The third-order valence-electron chi connectivity index (χ3n) is 3.82. The average Bonchev–Trinajstić information content (AvgIpc) is 2.38. The molecule has 5 heteroatoms. The number of likely N-dealkylation sites (tertiary alicyclic amines) is 1. The molecule has 1 aliphatic heterocycles. The standard InChI is InChI=1S/C19H31NO3Si/c1-19(2,3)22-18(21)20-13-15(14-20)12-17(23-24(4,5)6)16-10-8-7-9-11-16/h7-11,15,17H,12-14H2,1-6H3/t17-/m1/s1. The van der Waals surface area contributed by atoms with Gasteiger partial charge >= 0.3 is 6.09 Å². The van der Waals surface area contributed by atoms with Crippen LogP contribution in [0.3, 0.4) is 0 Å². The summed E-state index contributed by atoms with van der Waals surface area (Å²) in [5.74, 6) is 0.471. The summed E-state index contributed by atoms with van der Waals surface area (Å²) in [5.41, 5.74) is 0.797. The lowest BCUT2D eigenvalue weighted by Gasteiger charge is -2.42. The van der Waals surface area contributed by atoms with Crippen molar-refractivity contribution in [1.29, 1.82) is 0 Å². The fourth-order valence-corrected chi connectivity index (χ4v) is 3.93. The summed E-state index contributed by atoms with van der Waals surface area (Å²) < 4.78 is 11.8. The second kappa shape index (κ2) is 7.27. The number of carbonyl (C=O) groups excluding carboxylic acids is 1. The van der Waals surface area contributed by atoms with Crippen molar-refractivity contribution in [2.75, 3.05) is 13.1 Å². The van der Waals surface area contributed by atoms with Crippen molar-refractivity contribution >= 4 is 14.4 Å². The molecule has 24 heavy (non-hydrogen) atoms. The fourth-order valence-electron chi connectivity index (χ4n) is 2.84. The minimum absolute atomic E-state index is 0.114. The molecule has 1 fully saturated rings. The molecule has 0 radical (unpaired) electrons. The molecule has 0 spiro atoms. The maximum absolute atomic E-state index is 12.1. The van der Waals surface area contributed by atoms with Crippen LogP contribution >= 0.6 is 0 Å². The lowest BCUT2D eigenvalue weighted by molar-refractivity contribution is -0.00858. The molecule has 134 valence electrons. The molecule has 1 aliphatic rings. The van der Waals surface area contributed by atoms with Crippen LogP contribution in [0.2, 0.25) is 19.6 Å². The summed E-state index contributed by atoms with van der Waals surface area (Å²) in [7, 11) is -1.63. The zero-order chi connectivity index (χ0) is 18.0. The molecule has 1 aromatic carbocycles. The summed E-state index contributed by atoms with van der Waals surface area (Å²) in [5, 5.41) is 0. The van der Waals surface area contributed by atoms with E-state index in [4.69, 9.17) is 9.16 Å². The molecular formula is C19H31NO3Si. The normalized spacial score (nSPS) is 17.3. The monoisotopic (exact) mass is 349 g/mol. The topological polar surface area (TPSA) is 38.8 Å². The highest BCUT2D eigenvalue weighted by molar-refractivity contribution is 6.69. The fraction of sp³-hybridized carbons (Fsp3) is 0.632. The molecule has 1 saturated heterocycles. The smallest absolute Gasteiger partial charge is 0.410 e. The second-order valence-corrected chi connectivity index (χ2v) is 13.1. The van der Waals surface area contributed by atoms with Crippen LogP contribution in [-0.2, 0) is 9.16 Å². The first-order valence-electron chi connectivity index (χ1n) is 8.74. The van der Waals surface area contributed by atoms with E-state index in [1.165, 1.54) is 5.56 Å². The Morgan fingerprint density at radius 1 is 1.21 bits per heavy atom. The maximum atomic E-state index is 12.1. The molecule has 0 N–H and O–H groups in total. The van der Waals surface area contributed by atoms with Crippen molar-refractivity contribution in [3.05, 3.63) is 35.9 Å². The number of nitrogens with zero attached hydrogens (tertiary/aromatic N) is 1. The number of ether oxygens (including phenoxy) is 1. The Hall–Kier alpha value is -1.33. The second-order valence-electron chi connectivity index (χ2n) is 8.62. The van der Waals surface area contributed by atoms with E-state index in [0.717, 1.165) is 19.5 Å². The lowest BCUT2D eigenvalue weighted by atomic mass is 9.91. The van der Waals surface area contributed by atoms with Crippen molar-refractivity contribution in [1.82, 2.24) is 4.90 Å². The van der Waals surface area contributed by atoms with Crippen LogP contribution < -0.4 is 0 Å². The van der Waals surface area contributed by atoms with Gasteiger partial charge in [0, 0.05) is 13.1 Å². The van der Waals surface area contributed by atoms with E-state index in [1.807, 2.05) is 26.8 Å². The van der Waals surface area contributed by atoms with Gasteiger partial charge < -0.3 is 14.1 Å². The van der Waals surface area contributed by atoms with Gasteiger partial charge in [-0.2, -0.15) is 0 Å². The molecule has 0 bridgehead atoms. The first kappa shape index (κ1) is 19.0. The SMILES string of the molecule is CC(C)(C)OC(=O)N1CC(C[C@@H](O[Si](C)(C)C)c2ccccc2)C1. The number of benzene rings is 1. The molecule has 2 rings (SSSR count). The minimum atomic E-state index is -1.63. The zero-order valence-corrected chi connectivity index (χ0v) is 16.8. The average molecular weight is 350 g/mol. The number of hydrogen-bond donors (Lipinski definition) is 0. The Morgan fingerprint density at radius 2 is 1.79 bits per heavy atom. The molecule has 0 unspecified atom stereocenters. The van der Waals surface area contributed by atoms with Gasteiger partial charge in [-0.15, -0.1) is 0 Å². The van der Waals surface area contributed by atoms with Gasteiger partial charge in [0.25, 0.3) is 0 Å². The Bertz CT molecular complexity index is 542. The van der Waals surface area contributed by atoms with Crippen LogP contribution in [0.25, 0.3) is 0 Å². The van der Waals surface area contributed by atoms with Crippen LogP contribution in [0, 0.1) is 5.92 Å².